The van der Waals surface area contributed by atoms with E-state index in [1.165, 1.54) is 0 Å². The molecule has 1 N–H and O–H groups in total. The fourth-order valence-electron chi connectivity index (χ4n) is 1.58. The molecule has 0 fully saturated rings. The molecular weight excluding hydrogens is 190 g/mol. The maximum Gasteiger partial charge on any atom is 0.0793 e. The third-order valence-corrected chi connectivity index (χ3v) is 2.70. The van der Waals surface area contributed by atoms with Crippen molar-refractivity contribution in [1.29, 1.82) is 0 Å². The summed E-state index contributed by atoms with van der Waals surface area (Å²) < 4.78 is 7.07. The van der Waals surface area contributed by atoms with Crippen LogP contribution in [0.15, 0.2) is 12.3 Å². The van der Waals surface area contributed by atoms with Crippen LogP contribution >= 0.6 is 0 Å². The summed E-state index contributed by atoms with van der Waals surface area (Å²) in [6.07, 6.45) is 4.37. The molecular formula is C11H21N3O. The monoisotopic (exact) mass is 211 g/mol. The van der Waals surface area contributed by atoms with E-state index in [1.54, 1.807) is 7.11 Å². The summed E-state index contributed by atoms with van der Waals surface area (Å²) in [7, 11) is 5.66. The second kappa shape index (κ2) is 5.88. The van der Waals surface area contributed by atoms with Crippen LogP contribution in [-0.2, 0) is 11.8 Å². The molecule has 0 aromatic carbocycles. The molecule has 1 aromatic heterocycles. The first kappa shape index (κ1) is 12.2. The molecule has 1 aromatic rings. The van der Waals surface area contributed by atoms with Crippen LogP contribution in [0, 0.1) is 0 Å². The van der Waals surface area contributed by atoms with E-state index in [1.807, 2.05) is 25.0 Å². The molecule has 0 bridgehead atoms. The van der Waals surface area contributed by atoms with Crippen LogP contribution in [0.1, 0.15) is 31.5 Å². The Balaban J connectivity index is 2.49. The lowest BCUT2D eigenvalue weighted by molar-refractivity contribution is 0.106. The number of ether oxygens (including phenoxy) is 1. The largest absolute Gasteiger partial charge is 0.382 e. The van der Waals surface area contributed by atoms with E-state index in [0.717, 1.165) is 18.5 Å². The van der Waals surface area contributed by atoms with Gasteiger partial charge in [0.2, 0.25) is 0 Å². The average Bonchev–Trinajstić information content (AvgIpc) is 2.65. The smallest absolute Gasteiger partial charge is 0.0793 e. The van der Waals surface area contributed by atoms with Crippen molar-refractivity contribution in [2.45, 2.75) is 31.9 Å². The molecule has 0 saturated carbocycles. The fourth-order valence-corrected chi connectivity index (χ4v) is 1.58. The second-order valence-electron chi connectivity index (χ2n) is 3.88. The highest BCUT2D eigenvalue weighted by molar-refractivity contribution is 5.05. The molecule has 0 aliphatic rings. The number of hydrogen-bond donors (Lipinski definition) is 1. The van der Waals surface area contributed by atoms with Gasteiger partial charge in [-0.2, -0.15) is 5.10 Å². The number of aryl methyl sites for hydroxylation is 1. The van der Waals surface area contributed by atoms with Crippen LogP contribution in [0.3, 0.4) is 0 Å². The summed E-state index contributed by atoms with van der Waals surface area (Å²) in [5.74, 6) is 0. The molecule has 2 unspecified atom stereocenters. The maximum absolute atomic E-state index is 5.23. The molecule has 4 heteroatoms. The highest BCUT2D eigenvalue weighted by Gasteiger charge is 2.13. The van der Waals surface area contributed by atoms with Gasteiger partial charge in [0.1, 0.15) is 0 Å². The summed E-state index contributed by atoms with van der Waals surface area (Å²) in [5.41, 5.74) is 1.10. The van der Waals surface area contributed by atoms with Crippen molar-refractivity contribution in [2.75, 3.05) is 14.2 Å². The predicted octanol–water partition coefficient (Wildman–Crippen LogP) is 1.50. The molecule has 0 saturated heterocycles. The number of aromatic nitrogens is 2. The molecule has 1 rings (SSSR count). The highest BCUT2D eigenvalue weighted by atomic mass is 16.5. The lowest BCUT2D eigenvalue weighted by atomic mass is 10.1. The minimum absolute atomic E-state index is 0.310. The van der Waals surface area contributed by atoms with Crippen molar-refractivity contribution in [1.82, 2.24) is 15.1 Å². The third-order valence-electron chi connectivity index (χ3n) is 2.70. The van der Waals surface area contributed by atoms with Crippen molar-refractivity contribution >= 4 is 0 Å². The van der Waals surface area contributed by atoms with Gasteiger partial charge in [0.25, 0.3) is 0 Å². The van der Waals surface area contributed by atoms with E-state index in [0.29, 0.717) is 12.1 Å². The van der Waals surface area contributed by atoms with Crippen molar-refractivity contribution in [3.8, 4) is 0 Å². The van der Waals surface area contributed by atoms with E-state index in [-0.39, 0.29) is 0 Å². The first-order valence-electron chi connectivity index (χ1n) is 5.37. The minimum atomic E-state index is 0.310. The van der Waals surface area contributed by atoms with E-state index < -0.39 is 0 Å². The number of rotatable bonds is 6. The first-order chi connectivity index (χ1) is 7.17. The molecule has 0 aliphatic heterocycles. The zero-order valence-corrected chi connectivity index (χ0v) is 10.0. The van der Waals surface area contributed by atoms with E-state index in [4.69, 9.17) is 4.74 Å². The Morgan fingerprint density at radius 2 is 2.27 bits per heavy atom. The Morgan fingerprint density at radius 3 is 2.73 bits per heavy atom. The molecule has 0 amide bonds. The van der Waals surface area contributed by atoms with Gasteiger partial charge in [0, 0.05) is 20.4 Å². The lowest BCUT2D eigenvalue weighted by Gasteiger charge is -2.16. The van der Waals surface area contributed by atoms with Gasteiger partial charge in [0.15, 0.2) is 0 Å². The Bertz CT molecular complexity index is 285. The van der Waals surface area contributed by atoms with Crippen LogP contribution in [0.5, 0.6) is 0 Å². The van der Waals surface area contributed by atoms with Gasteiger partial charge in [-0.3, -0.25) is 4.68 Å². The Labute approximate surface area is 91.6 Å². The van der Waals surface area contributed by atoms with E-state index in [9.17, 15) is 0 Å². The normalized spacial score (nSPS) is 15.2. The van der Waals surface area contributed by atoms with E-state index >= 15 is 0 Å². The zero-order valence-electron chi connectivity index (χ0n) is 10.0. The maximum atomic E-state index is 5.23. The third kappa shape index (κ3) is 3.64. The predicted molar refractivity (Wildman–Crippen MR) is 60.7 cm³/mol. The second-order valence-corrected chi connectivity index (χ2v) is 3.88. The minimum Gasteiger partial charge on any atom is -0.382 e. The van der Waals surface area contributed by atoms with Gasteiger partial charge >= 0.3 is 0 Å². The number of hydrogen-bond acceptors (Lipinski definition) is 3. The fraction of sp³-hybridized carbons (Fsp3) is 0.727. The number of nitrogens with one attached hydrogen (secondary N) is 1. The molecule has 2 atom stereocenters. The van der Waals surface area contributed by atoms with Crippen LogP contribution in [-0.4, -0.2) is 30.0 Å². The summed E-state index contributed by atoms with van der Waals surface area (Å²) in [6.45, 7) is 2.09. The molecule has 4 nitrogen and oxygen atoms in total. The van der Waals surface area contributed by atoms with Gasteiger partial charge < -0.3 is 10.1 Å². The van der Waals surface area contributed by atoms with Crippen molar-refractivity contribution in [3.05, 3.63) is 18.0 Å². The van der Waals surface area contributed by atoms with Crippen molar-refractivity contribution < 1.29 is 4.74 Å². The summed E-state index contributed by atoms with van der Waals surface area (Å²) >= 11 is 0. The Morgan fingerprint density at radius 1 is 1.53 bits per heavy atom. The van der Waals surface area contributed by atoms with Crippen LogP contribution in [0.4, 0.5) is 0 Å². The lowest BCUT2D eigenvalue weighted by Crippen LogP contribution is -2.19. The Kier molecular flexibility index (Phi) is 4.78. The van der Waals surface area contributed by atoms with Crippen molar-refractivity contribution in [2.24, 2.45) is 7.05 Å². The SMILES string of the molecule is CNC(CCC(C)OC)c1ccn(C)n1. The standard InChI is InChI=1S/C11H21N3O/c1-9(15-4)5-6-10(12-2)11-7-8-14(3)13-11/h7-10,12H,5-6H2,1-4H3. The topological polar surface area (TPSA) is 39.1 Å². The number of methoxy groups -OCH3 is 1. The molecule has 0 aliphatic carbocycles. The summed E-state index contributed by atoms with van der Waals surface area (Å²) in [4.78, 5) is 0. The van der Waals surface area contributed by atoms with Crippen LogP contribution in [0.2, 0.25) is 0 Å². The number of nitrogens with zero attached hydrogens (tertiary/aromatic N) is 2. The molecule has 15 heavy (non-hydrogen) atoms. The van der Waals surface area contributed by atoms with Gasteiger partial charge in [-0.15, -0.1) is 0 Å². The molecule has 86 valence electrons. The van der Waals surface area contributed by atoms with Crippen LogP contribution < -0.4 is 5.32 Å². The molecule has 0 spiro atoms. The summed E-state index contributed by atoms with van der Waals surface area (Å²) in [6, 6.07) is 2.38. The average molecular weight is 211 g/mol. The quantitative estimate of drug-likeness (QED) is 0.775. The van der Waals surface area contributed by atoms with Gasteiger partial charge in [0.05, 0.1) is 17.8 Å². The van der Waals surface area contributed by atoms with E-state index in [2.05, 4.69) is 23.4 Å². The van der Waals surface area contributed by atoms with Crippen molar-refractivity contribution in [3.63, 3.8) is 0 Å². The molecule has 1 heterocycles. The Hall–Kier alpha value is -0.870. The van der Waals surface area contributed by atoms with Gasteiger partial charge in [-0.25, -0.2) is 0 Å². The zero-order chi connectivity index (χ0) is 11.3. The first-order valence-corrected chi connectivity index (χ1v) is 5.37. The molecule has 0 radical (unpaired) electrons. The summed E-state index contributed by atoms with van der Waals surface area (Å²) in [5, 5.41) is 7.68. The highest BCUT2D eigenvalue weighted by Crippen LogP contribution is 2.17. The van der Waals surface area contributed by atoms with Gasteiger partial charge in [-0.1, -0.05) is 0 Å². The van der Waals surface area contributed by atoms with Crippen LogP contribution in [0.25, 0.3) is 0 Å². The van der Waals surface area contributed by atoms with Gasteiger partial charge in [-0.05, 0) is 32.9 Å².